The van der Waals surface area contributed by atoms with Crippen LogP contribution >= 0.6 is 23.1 Å². The minimum Gasteiger partial charge on any atom is -0.468 e. The molecule has 0 spiro atoms. The van der Waals surface area contributed by atoms with Crippen LogP contribution in [0.5, 0.6) is 0 Å². The molecule has 0 saturated heterocycles. The van der Waals surface area contributed by atoms with Crippen molar-refractivity contribution in [2.45, 2.75) is 19.2 Å². The zero-order valence-electron chi connectivity index (χ0n) is 9.94. The molecule has 0 amide bonds. The zero-order valence-corrected chi connectivity index (χ0v) is 11.6. The van der Waals surface area contributed by atoms with Crippen molar-refractivity contribution in [2.24, 2.45) is 0 Å². The highest BCUT2D eigenvalue weighted by atomic mass is 32.2. The standard InChI is InChI=1S/C13H17NOS2/c1-11-4-7-17-13(11)9-14-5-8-16-10-12-3-2-6-15-12/h2-4,6-7,14H,5,8-10H2,1H3. The number of nitrogens with one attached hydrogen (secondary N) is 1. The zero-order chi connectivity index (χ0) is 11.9. The molecule has 0 bridgehead atoms. The fourth-order valence-electron chi connectivity index (χ4n) is 1.50. The Labute approximate surface area is 110 Å². The average molecular weight is 267 g/mol. The Morgan fingerprint density at radius 3 is 3.06 bits per heavy atom. The van der Waals surface area contributed by atoms with Gasteiger partial charge in [-0.05, 0) is 36.1 Å². The number of hydrogen-bond donors (Lipinski definition) is 1. The van der Waals surface area contributed by atoms with E-state index in [2.05, 4.69) is 23.7 Å². The van der Waals surface area contributed by atoms with E-state index in [1.807, 2.05) is 35.2 Å². The predicted octanol–water partition coefficient (Wildman–Crippen LogP) is 3.67. The highest BCUT2D eigenvalue weighted by molar-refractivity contribution is 7.98. The molecule has 0 radical (unpaired) electrons. The second-order valence-electron chi connectivity index (χ2n) is 3.84. The summed E-state index contributed by atoms with van der Waals surface area (Å²) in [6.07, 6.45) is 1.73. The van der Waals surface area contributed by atoms with Crippen LogP contribution in [0.2, 0.25) is 0 Å². The minimum atomic E-state index is 0.965. The molecule has 0 unspecified atom stereocenters. The molecule has 1 N–H and O–H groups in total. The largest absolute Gasteiger partial charge is 0.468 e. The summed E-state index contributed by atoms with van der Waals surface area (Å²) in [6.45, 7) is 4.20. The van der Waals surface area contributed by atoms with Crippen LogP contribution in [-0.4, -0.2) is 12.3 Å². The number of rotatable bonds is 7. The summed E-state index contributed by atoms with van der Waals surface area (Å²) in [6, 6.07) is 6.14. The Morgan fingerprint density at radius 1 is 1.41 bits per heavy atom. The maximum absolute atomic E-state index is 5.28. The second-order valence-corrected chi connectivity index (χ2v) is 5.94. The van der Waals surface area contributed by atoms with Gasteiger partial charge in [-0.1, -0.05) is 0 Å². The van der Waals surface area contributed by atoms with E-state index < -0.39 is 0 Å². The molecule has 2 rings (SSSR count). The lowest BCUT2D eigenvalue weighted by Crippen LogP contribution is -2.16. The van der Waals surface area contributed by atoms with E-state index in [1.165, 1.54) is 10.4 Å². The van der Waals surface area contributed by atoms with Crippen LogP contribution in [0.1, 0.15) is 16.2 Å². The van der Waals surface area contributed by atoms with Gasteiger partial charge < -0.3 is 9.73 Å². The van der Waals surface area contributed by atoms with E-state index in [4.69, 9.17) is 4.42 Å². The highest BCUT2D eigenvalue weighted by Gasteiger charge is 1.99. The first kappa shape index (κ1) is 12.7. The number of thiophene rings is 1. The van der Waals surface area contributed by atoms with Gasteiger partial charge in [0, 0.05) is 23.7 Å². The van der Waals surface area contributed by atoms with Gasteiger partial charge in [-0.2, -0.15) is 11.8 Å². The van der Waals surface area contributed by atoms with Gasteiger partial charge in [-0.15, -0.1) is 11.3 Å². The van der Waals surface area contributed by atoms with Gasteiger partial charge in [0.05, 0.1) is 12.0 Å². The summed E-state index contributed by atoms with van der Waals surface area (Å²) < 4.78 is 5.28. The summed E-state index contributed by atoms with van der Waals surface area (Å²) in [5.74, 6) is 3.14. The topological polar surface area (TPSA) is 25.2 Å². The number of furan rings is 1. The molecule has 2 nitrogen and oxygen atoms in total. The van der Waals surface area contributed by atoms with Crippen LogP contribution in [0, 0.1) is 6.92 Å². The Bertz CT molecular complexity index is 422. The molecule has 0 saturated carbocycles. The summed E-state index contributed by atoms with van der Waals surface area (Å²) >= 11 is 3.73. The SMILES string of the molecule is Cc1ccsc1CNCCSCc1ccco1. The van der Waals surface area contributed by atoms with Crippen molar-refractivity contribution in [1.82, 2.24) is 5.32 Å². The summed E-state index contributed by atoms with van der Waals surface area (Å²) in [7, 11) is 0. The lowest BCUT2D eigenvalue weighted by molar-refractivity contribution is 0.530. The Hall–Kier alpha value is -0.710. The van der Waals surface area contributed by atoms with Gasteiger partial charge in [0.1, 0.15) is 5.76 Å². The smallest absolute Gasteiger partial charge is 0.113 e. The molecular formula is C13H17NOS2. The molecule has 0 aliphatic carbocycles. The Morgan fingerprint density at radius 2 is 2.35 bits per heavy atom. The van der Waals surface area contributed by atoms with E-state index in [9.17, 15) is 0 Å². The lowest BCUT2D eigenvalue weighted by Gasteiger charge is -2.03. The average Bonchev–Trinajstić information content (AvgIpc) is 2.95. The van der Waals surface area contributed by atoms with Crippen molar-refractivity contribution in [3.05, 3.63) is 46.0 Å². The molecule has 17 heavy (non-hydrogen) atoms. The molecule has 0 aromatic carbocycles. The van der Waals surface area contributed by atoms with Gasteiger partial charge in [0.25, 0.3) is 0 Å². The van der Waals surface area contributed by atoms with Gasteiger partial charge in [0.2, 0.25) is 0 Å². The van der Waals surface area contributed by atoms with Crippen molar-refractivity contribution in [3.63, 3.8) is 0 Å². The van der Waals surface area contributed by atoms with Crippen LogP contribution in [0.25, 0.3) is 0 Å². The third kappa shape index (κ3) is 4.22. The normalized spacial score (nSPS) is 10.9. The van der Waals surface area contributed by atoms with Crippen molar-refractivity contribution in [2.75, 3.05) is 12.3 Å². The summed E-state index contributed by atoms with van der Waals surface area (Å²) in [4.78, 5) is 1.45. The molecule has 92 valence electrons. The van der Waals surface area contributed by atoms with Crippen molar-refractivity contribution >= 4 is 23.1 Å². The van der Waals surface area contributed by atoms with Crippen molar-refractivity contribution in [3.8, 4) is 0 Å². The highest BCUT2D eigenvalue weighted by Crippen LogP contribution is 2.15. The molecule has 0 fully saturated rings. The third-order valence-electron chi connectivity index (χ3n) is 2.50. The Kier molecular flexibility index (Phi) is 5.16. The van der Waals surface area contributed by atoms with Gasteiger partial charge in [0.15, 0.2) is 0 Å². The van der Waals surface area contributed by atoms with Crippen molar-refractivity contribution < 1.29 is 4.42 Å². The number of hydrogen-bond acceptors (Lipinski definition) is 4. The van der Waals surface area contributed by atoms with E-state index in [1.54, 1.807) is 6.26 Å². The monoisotopic (exact) mass is 267 g/mol. The maximum Gasteiger partial charge on any atom is 0.113 e. The van der Waals surface area contributed by atoms with Gasteiger partial charge in [-0.3, -0.25) is 0 Å². The molecule has 2 aromatic rings. The lowest BCUT2D eigenvalue weighted by atomic mass is 10.3. The third-order valence-corrected chi connectivity index (χ3v) is 4.51. The van der Waals surface area contributed by atoms with Crippen LogP contribution in [0.3, 0.4) is 0 Å². The molecule has 2 heterocycles. The van der Waals surface area contributed by atoms with Crippen LogP contribution < -0.4 is 5.32 Å². The second kappa shape index (κ2) is 6.89. The predicted molar refractivity (Wildman–Crippen MR) is 75.6 cm³/mol. The first-order valence-electron chi connectivity index (χ1n) is 5.70. The van der Waals surface area contributed by atoms with Gasteiger partial charge >= 0.3 is 0 Å². The fourth-order valence-corrected chi connectivity index (χ4v) is 3.17. The maximum atomic E-state index is 5.28. The molecule has 0 atom stereocenters. The number of thioether (sulfide) groups is 1. The molecular weight excluding hydrogens is 250 g/mol. The van der Waals surface area contributed by atoms with E-state index in [0.29, 0.717) is 0 Å². The molecule has 0 aliphatic rings. The Balaban J connectivity index is 1.54. The first-order chi connectivity index (χ1) is 8.36. The van der Waals surface area contributed by atoms with E-state index in [0.717, 1.165) is 30.4 Å². The van der Waals surface area contributed by atoms with Crippen LogP contribution in [-0.2, 0) is 12.3 Å². The quantitative estimate of drug-likeness (QED) is 0.775. The fraction of sp³-hybridized carbons (Fsp3) is 0.385. The molecule has 2 aromatic heterocycles. The molecule has 0 aliphatic heterocycles. The summed E-state index contributed by atoms with van der Waals surface area (Å²) in [5, 5.41) is 5.62. The van der Waals surface area contributed by atoms with Crippen LogP contribution in [0.15, 0.2) is 34.3 Å². The summed E-state index contributed by atoms with van der Waals surface area (Å²) in [5.41, 5.74) is 1.39. The van der Waals surface area contributed by atoms with E-state index >= 15 is 0 Å². The van der Waals surface area contributed by atoms with E-state index in [-0.39, 0.29) is 0 Å². The minimum absolute atomic E-state index is 0.965. The first-order valence-corrected chi connectivity index (χ1v) is 7.73. The number of aryl methyl sites for hydroxylation is 1. The van der Waals surface area contributed by atoms with Crippen molar-refractivity contribution in [1.29, 1.82) is 0 Å². The van der Waals surface area contributed by atoms with Gasteiger partial charge in [-0.25, -0.2) is 0 Å². The van der Waals surface area contributed by atoms with Crippen LogP contribution in [0.4, 0.5) is 0 Å². The molecule has 4 heteroatoms.